The number of hydrogen-bond donors (Lipinski definition) is 0. The van der Waals surface area contributed by atoms with Crippen LogP contribution < -0.4 is 9.80 Å². The molecule has 0 unspecified atom stereocenters. The summed E-state index contributed by atoms with van der Waals surface area (Å²) < 4.78 is 39.7. The Morgan fingerprint density at radius 3 is 2.38 bits per heavy atom. The van der Waals surface area contributed by atoms with E-state index < -0.39 is 11.7 Å². The first-order chi connectivity index (χ1) is 12.4. The number of aryl methyl sites for hydroxylation is 1. The second kappa shape index (κ2) is 6.11. The van der Waals surface area contributed by atoms with Crippen molar-refractivity contribution in [2.75, 3.05) is 36.0 Å². The molecule has 10 heteroatoms. The molecule has 3 aromatic heterocycles. The molecular formula is C16H16F3N7. The molecule has 0 amide bonds. The van der Waals surface area contributed by atoms with Crippen molar-refractivity contribution in [2.24, 2.45) is 0 Å². The van der Waals surface area contributed by atoms with Gasteiger partial charge in [-0.3, -0.25) is 0 Å². The first-order valence-electron chi connectivity index (χ1n) is 8.12. The number of anilines is 2. The molecule has 136 valence electrons. The minimum absolute atomic E-state index is 0.548. The topological polar surface area (TPSA) is 62.5 Å². The van der Waals surface area contributed by atoms with Gasteiger partial charge in [0.25, 0.3) is 5.78 Å². The van der Waals surface area contributed by atoms with E-state index in [1.54, 1.807) is 4.52 Å². The van der Waals surface area contributed by atoms with E-state index in [-0.39, 0.29) is 0 Å². The van der Waals surface area contributed by atoms with Gasteiger partial charge in [-0.1, -0.05) is 0 Å². The minimum atomic E-state index is -4.37. The van der Waals surface area contributed by atoms with E-state index in [1.165, 1.54) is 12.4 Å². The third kappa shape index (κ3) is 3.02. The monoisotopic (exact) mass is 363 g/mol. The van der Waals surface area contributed by atoms with Crippen molar-refractivity contribution in [1.29, 1.82) is 0 Å². The van der Waals surface area contributed by atoms with E-state index in [0.717, 1.165) is 23.8 Å². The molecule has 0 saturated carbocycles. The molecule has 0 aromatic carbocycles. The van der Waals surface area contributed by atoms with Gasteiger partial charge in [-0.2, -0.15) is 27.8 Å². The molecule has 7 nitrogen and oxygen atoms in total. The van der Waals surface area contributed by atoms with Crippen molar-refractivity contribution in [1.82, 2.24) is 24.6 Å². The summed E-state index contributed by atoms with van der Waals surface area (Å²) in [4.78, 5) is 16.6. The van der Waals surface area contributed by atoms with E-state index in [4.69, 9.17) is 0 Å². The minimum Gasteiger partial charge on any atom is -0.353 e. The van der Waals surface area contributed by atoms with Gasteiger partial charge >= 0.3 is 6.18 Å². The Labute approximate surface area is 147 Å². The van der Waals surface area contributed by atoms with Crippen LogP contribution in [0.4, 0.5) is 24.8 Å². The van der Waals surface area contributed by atoms with E-state index >= 15 is 0 Å². The van der Waals surface area contributed by atoms with Gasteiger partial charge in [0, 0.05) is 44.1 Å². The van der Waals surface area contributed by atoms with Crippen LogP contribution >= 0.6 is 0 Å². The molecular weight excluding hydrogens is 347 g/mol. The van der Waals surface area contributed by atoms with E-state index in [0.29, 0.717) is 37.8 Å². The van der Waals surface area contributed by atoms with Crippen molar-refractivity contribution in [3.05, 3.63) is 42.0 Å². The molecule has 0 spiro atoms. The lowest BCUT2D eigenvalue weighted by Crippen LogP contribution is -2.47. The Bertz CT molecular complexity index is 912. The first kappa shape index (κ1) is 16.6. The predicted octanol–water partition coefficient (Wildman–Crippen LogP) is 2.17. The molecule has 4 rings (SSSR count). The molecule has 26 heavy (non-hydrogen) atoms. The second-order valence-electron chi connectivity index (χ2n) is 6.10. The Kier molecular flexibility index (Phi) is 3.89. The maximum Gasteiger partial charge on any atom is 0.417 e. The number of hydrogen-bond acceptors (Lipinski definition) is 6. The van der Waals surface area contributed by atoms with Gasteiger partial charge in [0.15, 0.2) is 0 Å². The number of rotatable bonds is 2. The van der Waals surface area contributed by atoms with Crippen molar-refractivity contribution in [2.45, 2.75) is 13.1 Å². The van der Waals surface area contributed by atoms with Gasteiger partial charge in [0.05, 0.1) is 5.56 Å². The second-order valence-corrected chi connectivity index (χ2v) is 6.10. The third-order valence-corrected chi connectivity index (χ3v) is 4.36. The van der Waals surface area contributed by atoms with E-state index in [9.17, 15) is 13.2 Å². The maximum atomic E-state index is 12.7. The van der Waals surface area contributed by atoms with Gasteiger partial charge in [-0.15, -0.1) is 0 Å². The largest absolute Gasteiger partial charge is 0.417 e. The molecule has 4 heterocycles. The highest BCUT2D eigenvalue weighted by Gasteiger charge is 2.31. The summed E-state index contributed by atoms with van der Waals surface area (Å²) in [6.07, 6.45) is -2.02. The number of pyridine rings is 1. The summed E-state index contributed by atoms with van der Waals surface area (Å²) in [5.74, 6) is 2.01. The van der Waals surface area contributed by atoms with Gasteiger partial charge in [-0.05, 0) is 19.1 Å². The fourth-order valence-electron chi connectivity index (χ4n) is 3.04. The van der Waals surface area contributed by atoms with Crippen LogP contribution in [0, 0.1) is 6.92 Å². The molecule has 0 radical (unpaired) electrons. The van der Waals surface area contributed by atoms with Crippen molar-refractivity contribution >= 4 is 17.4 Å². The molecule has 0 N–H and O–H groups in total. The highest BCUT2D eigenvalue weighted by molar-refractivity contribution is 5.49. The first-order valence-corrected chi connectivity index (χ1v) is 8.12. The molecule has 1 fully saturated rings. The van der Waals surface area contributed by atoms with Crippen LogP contribution in [0.1, 0.15) is 11.3 Å². The predicted molar refractivity (Wildman–Crippen MR) is 89.2 cm³/mol. The molecule has 0 atom stereocenters. The summed E-state index contributed by atoms with van der Waals surface area (Å²) in [6, 6.07) is 4.44. The fraction of sp³-hybridized carbons (Fsp3) is 0.375. The highest BCUT2D eigenvalue weighted by Crippen LogP contribution is 2.29. The van der Waals surface area contributed by atoms with E-state index in [1.807, 2.05) is 17.9 Å². The lowest BCUT2D eigenvalue weighted by molar-refractivity contribution is -0.137. The summed E-state index contributed by atoms with van der Waals surface area (Å²) in [6.45, 7) is 4.59. The Morgan fingerprint density at radius 2 is 1.73 bits per heavy atom. The molecule has 3 aromatic rings. The van der Waals surface area contributed by atoms with Crippen LogP contribution in [0.2, 0.25) is 0 Å². The molecule has 0 bridgehead atoms. The summed E-state index contributed by atoms with van der Waals surface area (Å²) in [5.41, 5.74) is 0.119. The lowest BCUT2D eigenvalue weighted by atomic mass is 10.2. The molecule has 1 saturated heterocycles. The van der Waals surface area contributed by atoms with Crippen molar-refractivity contribution < 1.29 is 13.2 Å². The number of alkyl halides is 3. The number of piperazine rings is 1. The zero-order valence-corrected chi connectivity index (χ0v) is 14.0. The molecule has 1 aliphatic heterocycles. The normalized spacial score (nSPS) is 15.7. The van der Waals surface area contributed by atoms with Crippen LogP contribution in [0.5, 0.6) is 0 Å². The average Bonchev–Trinajstić information content (AvgIpc) is 3.09. The van der Waals surface area contributed by atoms with Crippen LogP contribution in [-0.2, 0) is 6.18 Å². The van der Waals surface area contributed by atoms with E-state index in [2.05, 4.69) is 25.0 Å². The third-order valence-electron chi connectivity index (χ3n) is 4.36. The zero-order valence-electron chi connectivity index (χ0n) is 14.0. The Balaban J connectivity index is 1.49. The van der Waals surface area contributed by atoms with Gasteiger partial charge in [0.2, 0.25) is 0 Å². The van der Waals surface area contributed by atoms with Gasteiger partial charge in [0.1, 0.15) is 18.0 Å². The highest BCUT2D eigenvalue weighted by atomic mass is 19.4. The summed E-state index contributed by atoms with van der Waals surface area (Å²) in [5, 5.41) is 4.21. The standard InChI is InChI=1S/C16H16F3N7/c1-11-8-14(26-15(23-11)21-10-22-26)25-6-4-24(5-7-25)13-3-2-12(9-20-13)16(17,18)19/h2-3,8-10H,4-7H2,1H3. The number of halogens is 3. The summed E-state index contributed by atoms with van der Waals surface area (Å²) >= 11 is 0. The number of nitrogens with zero attached hydrogens (tertiary/aromatic N) is 7. The van der Waals surface area contributed by atoms with Crippen LogP contribution in [0.3, 0.4) is 0 Å². The van der Waals surface area contributed by atoms with Crippen molar-refractivity contribution in [3.63, 3.8) is 0 Å². The maximum absolute atomic E-state index is 12.7. The lowest BCUT2D eigenvalue weighted by Gasteiger charge is -2.36. The smallest absolute Gasteiger partial charge is 0.353 e. The SMILES string of the molecule is Cc1cc(N2CCN(c3ccc(C(F)(F)F)cn3)CC2)n2ncnc2n1. The van der Waals surface area contributed by atoms with Crippen LogP contribution in [0.15, 0.2) is 30.7 Å². The zero-order chi connectivity index (χ0) is 18.3. The number of aromatic nitrogens is 5. The quantitative estimate of drug-likeness (QED) is 0.695. The molecule has 0 aliphatic carbocycles. The van der Waals surface area contributed by atoms with Crippen molar-refractivity contribution in [3.8, 4) is 0 Å². The Hall–Kier alpha value is -2.91. The van der Waals surface area contributed by atoms with Crippen LogP contribution in [-0.4, -0.2) is 50.7 Å². The number of fused-ring (bicyclic) bond motifs is 1. The fourth-order valence-corrected chi connectivity index (χ4v) is 3.04. The Morgan fingerprint density at radius 1 is 1.00 bits per heavy atom. The van der Waals surface area contributed by atoms with Crippen LogP contribution in [0.25, 0.3) is 5.78 Å². The van der Waals surface area contributed by atoms with Gasteiger partial charge in [-0.25, -0.2) is 9.97 Å². The van der Waals surface area contributed by atoms with Gasteiger partial charge < -0.3 is 9.80 Å². The summed E-state index contributed by atoms with van der Waals surface area (Å²) in [7, 11) is 0. The average molecular weight is 363 g/mol. The molecule has 1 aliphatic rings.